The second kappa shape index (κ2) is 8.39. The van der Waals surface area contributed by atoms with Gasteiger partial charge in [-0.05, 0) is 17.7 Å². The van der Waals surface area contributed by atoms with Gasteiger partial charge in [0.1, 0.15) is 0 Å². The number of carbonyl (C=O) groups is 2. The standard InChI is InChI=1S/C19H21N3O3/c23-18(15-25-19(24)17-6-8-20-9-7-17)22-12-10-21(11-13-22)14-16-4-2-1-3-5-16/h1-9H,10-15H2. The van der Waals surface area contributed by atoms with Gasteiger partial charge in [-0.2, -0.15) is 0 Å². The Kier molecular flexibility index (Phi) is 5.74. The molecular formula is C19H21N3O3. The maximum absolute atomic E-state index is 12.2. The van der Waals surface area contributed by atoms with Crippen LogP contribution in [0.2, 0.25) is 0 Å². The topological polar surface area (TPSA) is 62.7 Å². The third-order valence-electron chi connectivity index (χ3n) is 4.22. The Hall–Kier alpha value is -2.73. The Labute approximate surface area is 147 Å². The SMILES string of the molecule is O=C(OCC(=O)N1CCN(Cc2ccccc2)CC1)c1ccncc1. The lowest BCUT2D eigenvalue weighted by Crippen LogP contribution is -2.49. The lowest BCUT2D eigenvalue weighted by molar-refractivity contribution is -0.136. The molecule has 1 saturated heterocycles. The van der Waals surface area contributed by atoms with E-state index in [0.717, 1.165) is 19.6 Å². The molecule has 3 rings (SSSR count). The fourth-order valence-electron chi connectivity index (χ4n) is 2.79. The van der Waals surface area contributed by atoms with Crippen molar-refractivity contribution < 1.29 is 14.3 Å². The van der Waals surface area contributed by atoms with Gasteiger partial charge in [-0.1, -0.05) is 30.3 Å². The highest BCUT2D eigenvalue weighted by Crippen LogP contribution is 2.09. The number of aromatic nitrogens is 1. The van der Waals surface area contributed by atoms with Crippen molar-refractivity contribution in [2.45, 2.75) is 6.54 Å². The first-order valence-electron chi connectivity index (χ1n) is 8.33. The fraction of sp³-hybridized carbons (Fsp3) is 0.316. The molecule has 6 nitrogen and oxygen atoms in total. The molecule has 1 aliphatic heterocycles. The number of benzene rings is 1. The third-order valence-corrected chi connectivity index (χ3v) is 4.22. The van der Waals surface area contributed by atoms with Crippen molar-refractivity contribution in [3.05, 3.63) is 66.0 Å². The van der Waals surface area contributed by atoms with Crippen LogP contribution in [0.3, 0.4) is 0 Å². The van der Waals surface area contributed by atoms with Crippen LogP contribution in [0.1, 0.15) is 15.9 Å². The highest BCUT2D eigenvalue weighted by Gasteiger charge is 2.22. The molecule has 0 N–H and O–H groups in total. The molecule has 2 heterocycles. The summed E-state index contributed by atoms with van der Waals surface area (Å²) in [6.07, 6.45) is 3.04. The Bertz CT molecular complexity index is 698. The molecular weight excluding hydrogens is 318 g/mol. The largest absolute Gasteiger partial charge is 0.452 e. The molecule has 0 aliphatic carbocycles. The summed E-state index contributed by atoms with van der Waals surface area (Å²) in [5.41, 5.74) is 1.67. The summed E-state index contributed by atoms with van der Waals surface area (Å²) in [7, 11) is 0. The molecule has 1 fully saturated rings. The minimum atomic E-state index is -0.501. The normalized spacial score (nSPS) is 15.0. The van der Waals surface area contributed by atoms with Crippen LogP contribution in [0.4, 0.5) is 0 Å². The molecule has 0 bridgehead atoms. The van der Waals surface area contributed by atoms with Crippen molar-refractivity contribution >= 4 is 11.9 Å². The van der Waals surface area contributed by atoms with Gasteiger partial charge in [-0.15, -0.1) is 0 Å². The molecule has 6 heteroatoms. The summed E-state index contributed by atoms with van der Waals surface area (Å²) in [6.45, 7) is 3.61. The van der Waals surface area contributed by atoms with Crippen LogP contribution >= 0.6 is 0 Å². The van der Waals surface area contributed by atoms with E-state index in [1.807, 2.05) is 18.2 Å². The minimum Gasteiger partial charge on any atom is -0.452 e. The highest BCUT2D eigenvalue weighted by molar-refractivity contribution is 5.91. The Morgan fingerprint density at radius 2 is 1.64 bits per heavy atom. The van der Waals surface area contributed by atoms with Gasteiger partial charge < -0.3 is 9.64 Å². The van der Waals surface area contributed by atoms with Crippen LogP contribution in [-0.4, -0.2) is 59.4 Å². The zero-order chi connectivity index (χ0) is 17.5. The van der Waals surface area contributed by atoms with E-state index in [0.29, 0.717) is 18.7 Å². The van der Waals surface area contributed by atoms with Gasteiger partial charge >= 0.3 is 5.97 Å². The van der Waals surface area contributed by atoms with E-state index < -0.39 is 5.97 Å². The van der Waals surface area contributed by atoms with Gasteiger partial charge in [0.15, 0.2) is 6.61 Å². The second-order valence-corrected chi connectivity index (χ2v) is 5.95. The second-order valence-electron chi connectivity index (χ2n) is 5.95. The monoisotopic (exact) mass is 339 g/mol. The van der Waals surface area contributed by atoms with Gasteiger partial charge in [0, 0.05) is 45.1 Å². The molecule has 0 unspecified atom stereocenters. The average Bonchev–Trinajstić information content (AvgIpc) is 2.68. The lowest BCUT2D eigenvalue weighted by atomic mass is 10.2. The summed E-state index contributed by atoms with van der Waals surface area (Å²) in [5.74, 6) is -0.653. The molecule has 0 spiro atoms. The smallest absolute Gasteiger partial charge is 0.338 e. The molecule has 2 aromatic rings. The van der Waals surface area contributed by atoms with Crippen molar-refractivity contribution in [2.75, 3.05) is 32.8 Å². The van der Waals surface area contributed by atoms with Crippen molar-refractivity contribution in [3.63, 3.8) is 0 Å². The number of hydrogen-bond acceptors (Lipinski definition) is 5. The number of esters is 1. The quantitative estimate of drug-likeness (QED) is 0.774. The lowest BCUT2D eigenvalue weighted by Gasteiger charge is -2.34. The molecule has 130 valence electrons. The minimum absolute atomic E-state index is 0.151. The van der Waals surface area contributed by atoms with E-state index in [9.17, 15) is 9.59 Å². The van der Waals surface area contributed by atoms with Gasteiger partial charge in [-0.3, -0.25) is 14.7 Å². The molecule has 1 aliphatic rings. The molecule has 1 aromatic carbocycles. The summed E-state index contributed by atoms with van der Waals surface area (Å²) in [4.78, 5) is 32.0. The Balaban J connectivity index is 1.42. The predicted octanol–water partition coefficient (Wildman–Crippen LogP) is 1.58. The first kappa shape index (κ1) is 17.1. The van der Waals surface area contributed by atoms with Crippen LogP contribution in [0.15, 0.2) is 54.9 Å². The third kappa shape index (κ3) is 4.87. The maximum atomic E-state index is 12.2. The van der Waals surface area contributed by atoms with E-state index in [1.165, 1.54) is 18.0 Å². The number of piperazine rings is 1. The van der Waals surface area contributed by atoms with Gasteiger partial charge in [-0.25, -0.2) is 4.79 Å². The zero-order valence-corrected chi connectivity index (χ0v) is 14.0. The first-order chi connectivity index (χ1) is 12.2. The van der Waals surface area contributed by atoms with E-state index in [-0.39, 0.29) is 12.5 Å². The van der Waals surface area contributed by atoms with Crippen molar-refractivity contribution in [3.8, 4) is 0 Å². The number of pyridine rings is 1. The summed E-state index contributed by atoms with van der Waals surface area (Å²) in [5, 5.41) is 0. The highest BCUT2D eigenvalue weighted by atomic mass is 16.5. The Morgan fingerprint density at radius 1 is 0.960 bits per heavy atom. The number of amides is 1. The van der Waals surface area contributed by atoms with Crippen LogP contribution in [0.5, 0.6) is 0 Å². The van der Waals surface area contributed by atoms with Gasteiger partial charge in [0.25, 0.3) is 5.91 Å². The molecule has 25 heavy (non-hydrogen) atoms. The summed E-state index contributed by atoms with van der Waals surface area (Å²) < 4.78 is 5.09. The number of carbonyl (C=O) groups excluding carboxylic acids is 2. The van der Waals surface area contributed by atoms with Gasteiger partial charge in [0.2, 0.25) is 0 Å². The van der Waals surface area contributed by atoms with Crippen LogP contribution < -0.4 is 0 Å². The molecule has 1 amide bonds. The van der Waals surface area contributed by atoms with Crippen LogP contribution in [-0.2, 0) is 16.1 Å². The van der Waals surface area contributed by atoms with Crippen molar-refractivity contribution in [1.29, 1.82) is 0 Å². The summed E-state index contributed by atoms with van der Waals surface area (Å²) in [6, 6.07) is 13.4. The van der Waals surface area contributed by atoms with Crippen molar-refractivity contribution in [2.24, 2.45) is 0 Å². The number of rotatable bonds is 5. The predicted molar refractivity (Wildman–Crippen MR) is 92.8 cm³/mol. The molecule has 0 atom stereocenters. The van der Waals surface area contributed by atoms with Crippen LogP contribution in [0, 0.1) is 0 Å². The fourth-order valence-corrected chi connectivity index (χ4v) is 2.79. The average molecular weight is 339 g/mol. The first-order valence-corrected chi connectivity index (χ1v) is 8.33. The number of hydrogen-bond donors (Lipinski definition) is 0. The Morgan fingerprint density at radius 3 is 2.32 bits per heavy atom. The van der Waals surface area contributed by atoms with Crippen molar-refractivity contribution in [1.82, 2.24) is 14.8 Å². The number of nitrogens with zero attached hydrogens (tertiary/aromatic N) is 3. The van der Waals surface area contributed by atoms with Crippen LogP contribution in [0.25, 0.3) is 0 Å². The zero-order valence-electron chi connectivity index (χ0n) is 14.0. The maximum Gasteiger partial charge on any atom is 0.338 e. The molecule has 0 radical (unpaired) electrons. The van der Waals surface area contributed by atoms with E-state index in [2.05, 4.69) is 22.0 Å². The van der Waals surface area contributed by atoms with E-state index in [4.69, 9.17) is 4.74 Å². The number of ether oxygens (including phenoxy) is 1. The van der Waals surface area contributed by atoms with E-state index in [1.54, 1.807) is 17.0 Å². The van der Waals surface area contributed by atoms with Gasteiger partial charge in [0.05, 0.1) is 5.56 Å². The van der Waals surface area contributed by atoms with E-state index >= 15 is 0 Å². The molecule has 1 aromatic heterocycles. The molecule has 0 saturated carbocycles. The summed E-state index contributed by atoms with van der Waals surface area (Å²) >= 11 is 0.